The number of sulfonamides is 1. The molecule has 0 spiro atoms. The van der Waals surface area contributed by atoms with E-state index < -0.39 is 22.0 Å². The van der Waals surface area contributed by atoms with E-state index in [2.05, 4.69) is 27.2 Å². The fourth-order valence-corrected chi connectivity index (χ4v) is 4.44. The van der Waals surface area contributed by atoms with Crippen molar-refractivity contribution in [3.8, 4) is 11.8 Å². The minimum absolute atomic E-state index is 0.0184. The number of benzene rings is 1. The van der Waals surface area contributed by atoms with E-state index in [1.165, 1.54) is 16.7 Å². The number of rotatable bonds is 5. The predicted octanol–water partition coefficient (Wildman–Crippen LogP) is 2.29. The van der Waals surface area contributed by atoms with Crippen molar-refractivity contribution < 1.29 is 13.2 Å². The number of carbonyl (C=O) groups is 1. The predicted molar refractivity (Wildman–Crippen MR) is 145 cm³/mol. The first-order chi connectivity index (χ1) is 17.8. The number of nitrogens with zero attached hydrogens (tertiary/aromatic N) is 5. The van der Waals surface area contributed by atoms with Crippen LogP contribution in [0.15, 0.2) is 41.5 Å². The Morgan fingerprint density at radius 2 is 1.89 bits per heavy atom. The third-order valence-corrected chi connectivity index (χ3v) is 6.34. The third-order valence-electron chi connectivity index (χ3n) is 5.57. The highest BCUT2D eigenvalue weighted by atomic mass is 35.5. The lowest BCUT2D eigenvalue weighted by Gasteiger charge is -2.20. The molecule has 0 saturated carbocycles. The maximum absolute atomic E-state index is 13.2. The topological polar surface area (TPSA) is 141 Å². The van der Waals surface area contributed by atoms with Gasteiger partial charge in [-0.3, -0.25) is 18.8 Å². The number of aryl methyl sites for hydroxylation is 2. The molecule has 196 valence electrons. The molecule has 38 heavy (non-hydrogen) atoms. The zero-order chi connectivity index (χ0) is 27.8. The molecular formula is C25H24ClN7O4S. The number of hydrogen-bond acceptors (Lipinski definition) is 8. The van der Waals surface area contributed by atoms with Crippen molar-refractivity contribution in [1.29, 1.82) is 0 Å². The number of halogens is 1. The average molecular weight is 554 g/mol. The van der Waals surface area contributed by atoms with Crippen molar-refractivity contribution in [3.05, 3.63) is 80.4 Å². The van der Waals surface area contributed by atoms with Crippen molar-refractivity contribution in [1.82, 2.24) is 29.0 Å². The monoisotopic (exact) mass is 553 g/mol. The Morgan fingerprint density at radius 1 is 1.16 bits per heavy atom. The van der Waals surface area contributed by atoms with Crippen molar-refractivity contribution >= 4 is 44.1 Å². The SMILES string of the molecule is Cc1cc([C@@H](C)Nc2ccc(Cl)nc2C(=O)NS(C)(=O)=O)c2nc(C#Cc3cnn(C)c3)n(C)c(=O)c2c1. The second-order valence-electron chi connectivity index (χ2n) is 8.80. The molecule has 0 aliphatic rings. The summed E-state index contributed by atoms with van der Waals surface area (Å²) >= 11 is 5.98. The zero-order valence-electron chi connectivity index (χ0n) is 21.2. The molecule has 1 amide bonds. The maximum atomic E-state index is 13.2. The van der Waals surface area contributed by atoms with Gasteiger partial charge in [-0.2, -0.15) is 5.10 Å². The molecule has 0 aliphatic heterocycles. The van der Waals surface area contributed by atoms with Crippen LogP contribution in [0.2, 0.25) is 5.15 Å². The fraction of sp³-hybridized carbons (Fsp3) is 0.240. The van der Waals surface area contributed by atoms with Crippen molar-refractivity contribution in [3.63, 3.8) is 0 Å². The molecule has 4 rings (SSSR count). The Kier molecular flexibility index (Phi) is 7.26. The van der Waals surface area contributed by atoms with Gasteiger partial charge >= 0.3 is 0 Å². The van der Waals surface area contributed by atoms with E-state index in [0.717, 1.165) is 11.8 Å². The van der Waals surface area contributed by atoms with E-state index in [-0.39, 0.29) is 27.9 Å². The maximum Gasteiger partial charge on any atom is 0.285 e. The minimum Gasteiger partial charge on any atom is -0.377 e. The standard InChI is InChI=1S/C25H24ClN7O4S/c1-14-10-17(15(2)28-19-7-8-20(26)29-23(19)24(34)31-38(5,36)37)22-18(11-14)25(35)33(4)21(30-22)9-6-16-12-27-32(3)13-16/h7-8,10-13,15,28H,1-5H3,(H,31,34)/t15-/m1/s1. The summed E-state index contributed by atoms with van der Waals surface area (Å²) < 4.78 is 28.1. The molecule has 3 aromatic heterocycles. The molecule has 0 bridgehead atoms. The zero-order valence-corrected chi connectivity index (χ0v) is 22.8. The van der Waals surface area contributed by atoms with Gasteiger partial charge in [0, 0.05) is 25.9 Å². The van der Waals surface area contributed by atoms with Crippen molar-refractivity contribution in [2.45, 2.75) is 19.9 Å². The summed E-state index contributed by atoms with van der Waals surface area (Å²) in [6, 6.07) is 6.16. The Bertz CT molecular complexity index is 1820. The van der Waals surface area contributed by atoms with Crippen LogP contribution in [0.25, 0.3) is 10.9 Å². The molecule has 0 radical (unpaired) electrons. The molecule has 11 nitrogen and oxygen atoms in total. The number of pyridine rings is 1. The first-order valence-corrected chi connectivity index (χ1v) is 13.6. The van der Waals surface area contributed by atoms with Crippen molar-refractivity contribution in [2.24, 2.45) is 14.1 Å². The second-order valence-corrected chi connectivity index (χ2v) is 10.9. The number of hydrogen-bond donors (Lipinski definition) is 2. The van der Waals surface area contributed by atoms with Crippen LogP contribution < -0.4 is 15.6 Å². The molecule has 0 unspecified atom stereocenters. The summed E-state index contributed by atoms with van der Waals surface area (Å²) in [6.07, 6.45) is 4.24. The largest absolute Gasteiger partial charge is 0.377 e. The molecule has 2 N–H and O–H groups in total. The highest BCUT2D eigenvalue weighted by Gasteiger charge is 2.21. The van der Waals surface area contributed by atoms with E-state index in [1.807, 2.05) is 24.6 Å². The van der Waals surface area contributed by atoms with Gasteiger partial charge in [0.2, 0.25) is 10.0 Å². The van der Waals surface area contributed by atoms with Gasteiger partial charge in [0.15, 0.2) is 11.5 Å². The number of anilines is 1. The Balaban J connectivity index is 1.80. The highest BCUT2D eigenvalue weighted by molar-refractivity contribution is 7.89. The van der Waals surface area contributed by atoms with Crippen LogP contribution in [0, 0.1) is 18.8 Å². The number of fused-ring (bicyclic) bond motifs is 1. The van der Waals surface area contributed by atoms with Crippen LogP contribution >= 0.6 is 11.6 Å². The van der Waals surface area contributed by atoms with Crippen LogP contribution in [-0.4, -0.2) is 44.9 Å². The summed E-state index contributed by atoms with van der Waals surface area (Å²) in [6.45, 7) is 3.68. The number of aromatic nitrogens is 5. The van der Waals surface area contributed by atoms with Gasteiger partial charge in [0.25, 0.3) is 11.5 Å². The first kappa shape index (κ1) is 26.8. The van der Waals surface area contributed by atoms with Crippen LogP contribution in [0.5, 0.6) is 0 Å². The highest BCUT2D eigenvalue weighted by Crippen LogP contribution is 2.28. The lowest BCUT2D eigenvalue weighted by atomic mass is 10.0. The van der Waals surface area contributed by atoms with E-state index in [9.17, 15) is 18.0 Å². The summed E-state index contributed by atoms with van der Waals surface area (Å²) in [5, 5.41) is 7.70. The lowest BCUT2D eigenvalue weighted by molar-refractivity contribution is 0.0977. The van der Waals surface area contributed by atoms with Gasteiger partial charge in [-0.25, -0.2) is 23.1 Å². The molecular weight excluding hydrogens is 530 g/mol. The molecule has 3 heterocycles. The minimum atomic E-state index is -3.83. The quantitative estimate of drug-likeness (QED) is 0.283. The van der Waals surface area contributed by atoms with E-state index in [0.29, 0.717) is 22.0 Å². The smallest absolute Gasteiger partial charge is 0.285 e. The lowest BCUT2D eigenvalue weighted by Crippen LogP contribution is -2.31. The van der Waals surface area contributed by atoms with Gasteiger partial charge in [-0.1, -0.05) is 23.6 Å². The molecule has 1 aromatic carbocycles. The molecule has 0 aliphatic carbocycles. The third kappa shape index (κ3) is 5.85. The van der Waals surface area contributed by atoms with E-state index in [1.54, 1.807) is 37.2 Å². The van der Waals surface area contributed by atoms with Gasteiger partial charge in [0.1, 0.15) is 5.15 Å². The van der Waals surface area contributed by atoms with Gasteiger partial charge in [0.05, 0.1) is 40.6 Å². The molecule has 13 heteroatoms. The van der Waals surface area contributed by atoms with Crippen LogP contribution in [0.1, 0.15) is 46.0 Å². The fourth-order valence-electron chi connectivity index (χ4n) is 3.86. The number of nitrogens with one attached hydrogen (secondary N) is 2. The molecule has 1 atom stereocenters. The van der Waals surface area contributed by atoms with Gasteiger partial charge < -0.3 is 5.32 Å². The van der Waals surface area contributed by atoms with Gasteiger partial charge in [-0.05, 0) is 43.5 Å². The summed E-state index contributed by atoms with van der Waals surface area (Å²) in [5.74, 6) is 5.26. The Morgan fingerprint density at radius 3 is 2.55 bits per heavy atom. The first-order valence-electron chi connectivity index (χ1n) is 11.3. The van der Waals surface area contributed by atoms with E-state index in [4.69, 9.17) is 16.6 Å². The van der Waals surface area contributed by atoms with Crippen molar-refractivity contribution in [2.75, 3.05) is 11.6 Å². The van der Waals surface area contributed by atoms with Crippen LogP contribution in [0.4, 0.5) is 5.69 Å². The molecule has 4 aromatic rings. The number of carbonyl (C=O) groups excluding carboxylic acids is 1. The second kappa shape index (κ2) is 10.3. The Hall–Kier alpha value is -4.21. The summed E-state index contributed by atoms with van der Waals surface area (Å²) in [5.41, 5.74) is 2.42. The van der Waals surface area contributed by atoms with E-state index >= 15 is 0 Å². The molecule has 0 saturated heterocycles. The van der Waals surface area contributed by atoms with Gasteiger partial charge in [-0.15, -0.1) is 0 Å². The number of amides is 1. The average Bonchev–Trinajstić information content (AvgIpc) is 3.25. The summed E-state index contributed by atoms with van der Waals surface area (Å²) in [4.78, 5) is 34.6. The van der Waals surface area contributed by atoms with Crippen LogP contribution in [-0.2, 0) is 24.1 Å². The summed E-state index contributed by atoms with van der Waals surface area (Å²) in [7, 11) is -0.438. The molecule has 0 fully saturated rings. The Labute approximate surface area is 223 Å². The normalized spacial score (nSPS) is 12.1. The van der Waals surface area contributed by atoms with Crippen LogP contribution in [0.3, 0.4) is 0 Å².